The first-order chi connectivity index (χ1) is 9.36. The molecule has 0 saturated heterocycles. The third kappa shape index (κ3) is 3.53. The maximum absolute atomic E-state index is 11.0. The Balaban J connectivity index is 2.14. The highest BCUT2D eigenvalue weighted by atomic mass is 16.1. The third-order valence-corrected chi connectivity index (χ3v) is 3.28. The van der Waals surface area contributed by atoms with Crippen LogP contribution in [-0.4, -0.2) is 20.8 Å². The van der Waals surface area contributed by atoms with Crippen LogP contribution in [0.4, 0.5) is 0 Å². The first-order valence-electron chi connectivity index (χ1n) is 6.87. The van der Waals surface area contributed by atoms with E-state index in [0.717, 1.165) is 11.3 Å². The molecule has 1 aromatic heterocycles. The lowest BCUT2D eigenvalue weighted by Crippen LogP contribution is -2.10. The summed E-state index contributed by atoms with van der Waals surface area (Å²) in [6, 6.07) is 8.40. The molecule has 2 aromatic rings. The van der Waals surface area contributed by atoms with Crippen LogP contribution in [0.3, 0.4) is 0 Å². The maximum atomic E-state index is 11.0. The first-order valence-corrected chi connectivity index (χ1v) is 6.87. The molecule has 0 fully saturated rings. The molecule has 1 heterocycles. The molecule has 0 aliphatic heterocycles. The number of carbonyl (C=O) groups excluding carboxylic acids is 1. The van der Waals surface area contributed by atoms with Gasteiger partial charge >= 0.3 is 0 Å². The van der Waals surface area contributed by atoms with Crippen LogP contribution < -0.4 is 0 Å². The van der Waals surface area contributed by atoms with Gasteiger partial charge in [0, 0.05) is 18.5 Å². The van der Waals surface area contributed by atoms with Crippen LogP contribution in [0.15, 0.2) is 30.5 Å². The Kier molecular flexibility index (Phi) is 4.02. The highest BCUT2D eigenvalue weighted by Crippen LogP contribution is 2.25. The van der Waals surface area contributed by atoms with E-state index in [1.807, 2.05) is 6.20 Å². The normalized spacial score (nSPS) is 11.6. The summed E-state index contributed by atoms with van der Waals surface area (Å²) in [7, 11) is 0. The quantitative estimate of drug-likeness (QED) is 0.857. The topological polar surface area (TPSA) is 47.8 Å². The van der Waals surface area contributed by atoms with Crippen molar-refractivity contribution >= 4 is 5.78 Å². The minimum atomic E-state index is 0.150. The molecule has 4 heteroatoms. The molecule has 0 aliphatic carbocycles. The monoisotopic (exact) mass is 271 g/mol. The van der Waals surface area contributed by atoms with Crippen LogP contribution in [0.5, 0.6) is 0 Å². The summed E-state index contributed by atoms with van der Waals surface area (Å²) in [5.74, 6) is 0.164. The average molecular weight is 271 g/mol. The number of carbonyl (C=O) groups is 1. The number of hydrogen-bond donors (Lipinski definition) is 0. The molecule has 0 N–H and O–H groups in total. The fourth-order valence-corrected chi connectivity index (χ4v) is 1.95. The van der Waals surface area contributed by atoms with Gasteiger partial charge in [0.1, 0.15) is 11.5 Å². The van der Waals surface area contributed by atoms with Gasteiger partial charge in [-0.15, -0.1) is 5.10 Å². The molecule has 2 rings (SSSR count). The van der Waals surface area contributed by atoms with Gasteiger partial charge in [-0.05, 0) is 17.9 Å². The second-order valence-electron chi connectivity index (χ2n) is 6.15. The number of ketones is 1. The van der Waals surface area contributed by atoms with E-state index < -0.39 is 0 Å². The predicted octanol–water partition coefficient (Wildman–Crippen LogP) is 3.22. The summed E-state index contributed by atoms with van der Waals surface area (Å²) in [5.41, 5.74) is 3.34. The molecule has 1 aromatic carbocycles. The van der Waals surface area contributed by atoms with Gasteiger partial charge in [0.15, 0.2) is 0 Å². The van der Waals surface area contributed by atoms with Crippen molar-refractivity contribution in [2.45, 2.75) is 46.1 Å². The van der Waals surface area contributed by atoms with Crippen molar-refractivity contribution in [3.8, 4) is 11.3 Å². The van der Waals surface area contributed by atoms with Crippen molar-refractivity contribution in [3.63, 3.8) is 0 Å². The van der Waals surface area contributed by atoms with Crippen molar-refractivity contribution in [1.29, 1.82) is 0 Å². The molecule has 0 unspecified atom stereocenters. The van der Waals surface area contributed by atoms with Crippen LogP contribution in [-0.2, 0) is 16.8 Å². The molecule has 20 heavy (non-hydrogen) atoms. The molecule has 0 bridgehead atoms. The van der Waals surface area contributed by atoms with E-state index in [2.05, 4.69) is 55.3 Å². The van der Waals surface area contributed by atoms with Crippen LogP contribution in [0, 0.1) is 0 Å². The van der Waals surface area contributed by atoms with Crippen LogP contribution in [0.25, 0.3) is 11.3 Å². The van der Waals surface area contributed by atoms with Crippen molar-refractivity contribution in [2.75, 3.05) is 0 Å². The van der Waals surface area contributed by atoms with Gasteiger partial charge in [-0.1, -0.05) is 50.3 Å². The number of Topliss-reactive ketones (excluding diaryl/α,β-unsaturated/α-hetero) is 1. The fourth-order valence-electron chi connectivity index (χ4n) is 1.95. The smallest absolute Gasteiger partial charge is 0.131 e. The van der Waals surface area contributed by atoms with E-state index in [0.29, 0.717) is 13.0 Å². The largest absolute Gasteiger partial charge is 0.300 e. The zero-order chi connectivity index (χ0) is 14.8. The summed E-state index contributed by atoms with van der Waals surface area (Å²) in [4.78, 5) is 11.0. The highest BCUT2D eigenvalue weighted by molar-refractivity contribution is 5.75. The van der Waals surface area contributed by atoms with Gasteiger partial charge in [0.05, 0.1) is 6.20 Å². The van der Waals surface area contributed by atoms with Crippen LogP contribution in [0.1, 0.15) is 39.7 Å². The SMILES string of the molecule is CC(=O)CCn1cc(-c2ccc(C(C)(C)C)cc2)nn1. The van der Waals surface area contributed by atoms with E-state index in [1.165, 1.54) is 5.56 Å². The second kappa shape index (κ2) is 5.57. The van der Waals surface area contributed by atoms with Gasteiger partial charge in [0.25, 0.3) is 0 Å². The molecule has 0 atom stereocenters. The van der Waals surface area contributed by atoms with Gasteiger partial charge in [-0.25, -0.2) is 0 Å². The average Bonchev–Trinajstić information content (AvgIpc) is 2.84. The zero-order valence-corrected chi connectivity index (χ0v) is 12.6. The Morgan fingerprint density at radius 2 is 1.85 bits per heavy atom. The Labute approximate surface area is 119 Å². The molecule has 0 aliphatic rings. The standard InChI is InChI=1S/C16H21N3O/c1-12(20)9-10-19-11-15(17-18-19)13-5-7-14(8-6-13)16(2,3)4/h5-8,11H,9-10H2,1-4H3. The number of hydrogen-bond acceptors (Lipinski definition) is 3. The third-order valence-electron chi connectivity index (χ3n) is 3.28. The van der Waals surface area contributed by atoms with E-state index in [1.54, 1.807) is 11.6 Å². The molecular weight excluding hydrogens is 250 g/mol. The number of rotatable bonds is 4. The van der Waals surface area contributed by atoms with Crippen molar-refractivity contribution in [1.82, 2.24) is 15.0 Å². The van der Waals surface area contributed by atoms with E-state index in [-0.39, 0.29) is 11.2 Å². The lowest BCUT2D eigenvalue weighted by Gasteiger charge is -2.18. The molecule has 0 amide bonds. The number of aryl methyl sites for hydroxylation is 1. The van der Waals surface area contributed by atoms with Crippen molar-refractivity contribution in [3.05, 3.63) is 36.0 Å². The van der Waals surface area contributed by atoms with Gasteiger partial charge in [-0.3, -0.25) is 9.48 Å². The lowest BCUT2D eigenvalue weighted by atomic mass is 9.86. The zero-order valence-electron chi connectivity index (χ0n) is 12.6. The summed E-state index contributed by atoms with van der Waals surface area (Å²) >= 11 is 0. The van der Waals surface area contributed by atoms with Crippen LogP contribution >= 0.6 is 0 Å². The number of benzene rings is 1. The minimum absolute atomic E-state index is 0.150. The van der Waals surface area contributed by atoms with E-state index in [9.17, 15) is 4.79 Å². The van der Waals surface area contributed by atoms with Crippen LogP contribution in [0.2, 0.25) is 0 Å². The Hall–Kier alpha value is -1.97. The summed E-state index contributed by atoms with van der Waals surface area (Å²) in [5, 5.41) is 8.21. The van der Waals surface area contributed by atoms with Gasteiger partial charge < -0.3 is 0 Å². The second-order valence-corrected chi connectivity index (χ2v) is 6.15. The maximum Gasteiger partial charge on any atom is 0.131 e. The molecular formula is C16H21N3O. The molecule has 106 valence electrons. The molecule has 4 nitrogen and oxygen atoms in total. The van der Waals surface area contributed by atoms with E-state index in [4.69, 9.17) is 0 Å². The Bertz CT molecular complexity index is 591. The Morgan fingerprint density at radius 1 is 1.20 bits per heavy atom. The summed E-state index contributed by atoms with van der Waals surface area (Å²) in [6.45, 7) is 8.76. The minimum Gasteiger partial charge on any atom is -0.300 e. The molecule has 0 radical (unpaired) electrons. The fraction of sp³-hybridized carbons (Fsp3) is 0.438. The van der Waals surface area contributed by atoms with Gasteiger partial charge in [-0.2, -0.15) is 0 Å². The Morgan fingerprint density at radius 3 is 2.40 bits per heavy atom. The lowest BCUT2D eigenvalue weighted by molar-refractivity contribution is -0.117. The molecule has 0 saturated carbocycles. The first kappa shape index (κ1) is 14.4. The van der Waals surface area contributed by atoms with E-state index >= 15 is 0 Å². The van der Waals surface area contributed by atoms with Gasteiger partial charge in [0.2, 0.25) is 0 Å². The van der Waals surface area contributed by atoms with Crippen molar-refractivity contribution in [2.24, 2.45) is 0 Å². The molecule has 0 spiro atoms. The predicted molar refractivity (Wildman–Crippen MR) is 79.5 cm³/mol. The summed E-state index contributed by atoms with van der Waals surface area (Å²) < 4.78 is 1.72. The van der Waals surface area contributed by atoms with Crippen molar-refractivity contribution < 1.29 is 4.79 Å². The number of aromatic nitrogens is 3. The number of nitrogens with zero attached hydrogens (tertiary/aromatic N) is 3. The summed E-state index contributed by atoms with van der Waals surface area (Å²) in [6.07, 6.45) is 2.38. The highest BCUT2D eigenvalue weighted by Gasteiger charge is 2.13.